The number of hydrogen-bond acceptors (Lipinski definition) is 4. The van der Waals surface area contributed by atoms with Gasteiger partial charge in [-0.1, -0.05) is 18.2 Å². The van der Waals surface area contributed by atoms with Gasteiger partial charge in [-0.25, -0.2) is 0 Å². The molecule has 3 rings (SSSR count). The number of ether oxygens (including phenoxy) is 1. The van der Waals surface area contributed by atoms with Gasteiger partial charge in [-0.2, -0.15) is 0 Å². The molecule has 1 aliphatic heterocycles. The van der Waals surface area contributed by atoms with Crippen LogP contribution in [0.5, 0.6) is 0 Å². The molecule has 0 aliphatic carbocycles. The molecule has 1 heterocycles. The Labute approximate surface area is 165 Å². The predicted octanol–water partition coefficient (Wildman–Crippen LogP) is 3.28. The third-order valence-corrected chi connectivity index (χ3v) is 4.93. The Morgan fingerprint density at radius 2 is 1.75 bits per heavy atom. The maximum absolute atomic E-state index is 12.6. The van der Waals surface area contributed by atoms with E-state index in [-0.39, 0.29) is 17.9 Å². The zero-order valence-corrected chi connectivity index (χ0v) is 16.6. The molecule has 0 aromatic heterocycles. The molecule has 0 spiro atoms. The molecule has 2 amide bonds. The smallest absolute Gasteiger partial charge is 0.251 e. The average molecular weight is 381 g/mol. The van der Waals surface area contributed by atoms with Gasteiger partial charge in [0.1, 0.15) is 0 Å². The molecule has 1 unspecified atom stereocenters. The summed E-state index contributed by atoms with van der Waals surface area (Å²) in [5.74, 6) is -0.328. The summed E-state index contributed by atoms with van der Waals surface area (Å²) in [5.41, 5.74) is 4.30. The minimum atomic E-state index is -0.170. The van der Waals surface area contributed by atoms with Gasteiger partial charge in [0.05, 0.1) is 19.3 Å². The molecule has 2 aromatic carbocycles. The van der Waals surface area contributed by atoms with Gasteiger partial charge in [-0.3, -0.25) is 9.59 Å². The van der Waals surface area contributed by atoms with Crippen LogP contribution in [-0.2, 0) is 9.53 Å². The second kappa shape index (κ2) is 8.89. The van der Waals surface area contributed by atoms with Crippen LogP contribution in [0.25, 0.3) is 0 Å². The van der Waals surface area contributed by atoms with Gasteiger partial charge >= 0.3 is 0 Å². The highest BCUT2D eigenvalue weighted by Gasteiger charge is 2.15. The number of carbonyl (C=O) groups excluding carboxylic acids is 2. The minimum Gasteiger partial charge on any atom is -0.378 e. The van der Waals surface area contributed by atoms with E-state index in [1.165, 1.54) is 12.6 Å². The Morgan fingerprint density at radius 1 is 1.07 bits per heavy atom. The van der Waals surface area contributed by atoms with Crippen LogP contribution >= 0.6 is 0 Å². The van der Waals surface area contributed by atoms with Gasteiger partial charge < -0.3 is 20.3 Å². The lowest BCUT2D eigenvalue weighted by Crippen LogP contribution is -2.36. The van der Waals surface area contributed by atoms with E-state index in [4.69, 9.17) is 4.74 Å². The first-order valence-electron chi connectivity index (χ1n) is 9.56. The molecule has 2 aromatic rings. The standard InChI is InChI=1S/C22H27N3O3/c1-15-4-5-19(14-21(15)24-17(3)26)22(27)23-16(2)18-6-8-20(9-7-18)25-10-12-28-13-11-25/h4-9,14,16H,10-13H2,1-3H3,(H,23,27)(H,24,26). The Kier molecular flexibility index (Phi) is 6.31. The van der Waals surface area contributed by atoms with Crippen LogP contribution < -0.4 is 15.5 Å². The van der Waals surface area contributed by atoms with Crippen LogP contribution in [0.2, 0.25) is 0 Å². The van der Waals surface area contributed by atoms with E-state index in [1.807, 2.05) is 32.0 Å². The first-order chi connectivity index (χ1) is 13.4. The van der Waals surface area contributed by atoms with Gasteiger partial charge in [0.15, 0.2) is 0 Å². The van der Waals surface area contributed by atoms with E-state index in [9.17, 15) is 9.59 Å². The van der Waals surface area contributed by atoms with Crippen molar-refractivity contribution in [3.63, 3.8) is 0 Å². The number of rotatable bonds is 5. The molecule has 1 aliphatic rings. The van der Waals surface area contributed by atoms with E-state index < -0.39 is 0 Å². The third kappa shape index (κ3) is 4.89. The summed E-state index contributed by atoms with van der Waals surface area (Å²) < 4.78 is 5.39. The van der Waals surface area contributed by atoms with Crippen LogP contribution in [0.1, 0.15) is 41.4 Å². The number of morpholine rings is 1. The predicted molar refractivity (Wildman–Crippen MR) is 111 cm³/mol. The van der Waals surface area contributed by atoms with Crippen molar-refractivity contribution in [2.24, 2.45) is 0 Å². The van der Waals surface area contributed by atoms with Gasteiger partial charge in [-0.15, -0.1) is 0 Å². The van der Waals surface area contributed by atoms with Crippen molar-refractivity contribution in [2.75, 3.05) is 36.5 Å². The van der Waals surface area contributed by atoms with E-state index in [0.29, 0.717) is 11.3 Å². The second-order valence-electron chi connectivity index (χ2n) is 7.10. The lowest BCUT2D eigenvalue weighted by Gasteiger charge is -2.29. The molecule has 148 valence electrons. The minimum absolute atomic E-state index is 0.128. The van der Waals surface area contributed by atoms with E-state index in [2.05, 4.69) is 27.7 Å². The average Bonchev–Trinajstić information content (AvgIpc) is 2.70. The number of nitrogens with one attached hydrogen (secondary N) is 2. The van der Waals surface area contributed by atoms with Crippen molar-refractivity contribution in [3.8, 4) is 0 Å². The summed E-state index contributed by atoms with van der Waals surface area (Å²) in [5, 5.41) is 5.78. The third-order valence-electron chi connectivity index (χ3n) is 4.93. The van der Waals surface area contributed by atoms with Crippen LogP contribution in [0.15, 0.2) is 42.5 Å². The fourth-order valence-electron chi connectivity index (χ4n) is 3.25. The number of benzene rings is 2. The largest absolute Gasteiger partial charge is 0.378 e. The number of hydrogen-bond donors (Lipinski definition) is 2. The first kappa shape index (κ1) is 19.9. The Balaban J connectivity index is 1.66. The van der Waals surface area contributed by atoms with Crippen LogP contribution in [0.4, 0.5) is 11.4 Å². The highest BCUT2D eigenvalue weighted by atomic mass is 16.5. The van der Waals surface area contributed by atoms with Crippen molar-refractivity contribution < 1.29 is 14.3 Å². The Morgan fingerprint density at radius 3 is 2.39 bits per heavy atom. The molecule has 1 fully saturated rings. The highest BCUT2D eigenvalue weighted by molar-refractivity contribution is 5.97. The summed E-state index contributed by atoms with van der Waals surface area (Å²) in [6.07, 6.45) is 0. The Bertz CT molecular complexity index is 843. The maximum atomic E-state index is 12.6. The van der Waals surface area contributed by atoms with Crippen molar-refractivity contribution >= 4 is 23.2 Å². The van der Waals surface area contributed by atoms with Gasteiger partial charge in [0.25, 0.3) is 5.91 Å². The zero-order chi connectivity index (χ0) is 20.1. The van der Waals surface area contributed by atoms with E-state index >= 15 is 0 Å². The van der Waals surface area contributed by atoms with Gasteiger partial charge in [-0.05, 0) is 49.2 Å². The summed E-state index contributed by atoms with van der Waals surface area (Å²) >= 11 is 0. The van der Waals surface area contributed by atoms with Crippen molar-refractivity contribution in [3.05, 3.63) is 59.2 Å². The number of amides is 2. The van der Waals surface area contributed by atoms with Crippen molar-refractivity contribution in [1.29, 1.82) is 0 Å². The first-order valence-corrected chi connectivity index (χ1v) is 9.56. The normalized spacial score (nSPS) is 15.0. The van der Waals surface area contributed by atoms with Gasteiger partial charge in [0, 0.05) is 37.0 Å². The Hall–Kier alpha value is -2.86. The number of nitrogens with zero attached hydrogens (tertiary/aromatic N) is 1. The molecule has 2 N–H and O–H groups in total. The zero-order valence-electron chi connectivity index (χ0n) is 16.6. The molecule has 28 heavy (non-hydrogen) atoms. The molecule has 0 radical (unpaired) electrons. The SMILES string of the molecule is CC(=O)Nc1cc(C(=O)NC(C)c2ccc(N3CCOCC3)cc2)ccc1C. The van der Waals surface area contributed by atoms with Crippen LogP contribution in [0, 0.1) is 6.92 Å². The fraction of sp³-hybridized carbons (Fsp3) is 0.364. The molecule has 1 atom stereocenters. The molecule has 0 bridgehead atoms. The second-order valence-corrected chi connectivity index (χ2v) is 7.10. The van der Waals surface area contributed by atoms with E-state index in [1.54, 1.807) is 12.1 Å². The molecule has 6 nitrogen and oxygen atoms in total. The molecular weight excluding hydrogens is 354 g/mol. The monoisotopic (exact) mass is 381 g/mol. The van der Waals surface area contributed by atoms with Gasteiger partial charge in [0.2, 0.25) is 5.91 Å². The molecular formula is C22H27N3O3. The lowest BCUT2D eigenvalue weighted by molar-refractivity contribution is -0.114. The highest BCUT2D eigenvalue weighted by Crippen LogP contribution is 2.21. The number of anilines is 2. The quantitative estimate of drug-likeness (QED) is 0.834. The molecule has 0 saturated carbocycles. The number of carbonyl (C=O) groups is 2. The summed E-state index contributed by atoms with van der Waals surface area (Å²) in [6.45, 7) is 8.62. The summed E-state index contributed by atoms with van der Waals surface area (Å²) in [6, 6.07) is 13.5. The molecule has 1 saturated heterocycles. The maximum Gasteiger partial charge on any atom is 0.251 e. The van der Waals surface area contributed by atoms with Crippen molar-refractivity contribution in [1.82, 2.24) is 5.32 Å². The van der Waals surface area contributed by atoms with Crippen molar-refractivity contribution in [2.45, 2.75) is 26.8 Å². The van der Waals surface area contributed by atoms with Crippen LogP contribution in [0.3, 0.4) is 0 Å². The summed E-state index contributed by atoms with van der Waals surface area (Å²) in [7, 11) is 0. The molecule has 6 heteroatoms. The topological polar surface area (TPSA) is 70.7 Å². The lowest BCUT2D eigenvalue weighted by atomic mass is 10.1. The fourth-order valence-corrected chi connectivity index (χ4v) is 3.25. The van der Waals surface area contributed by atoms with Crippen LogP contribution in [-0.4, -0.2) is 38.1 Å². The number of aryl methyl sites for hydroxylation is 1. The summed E-state index contributed by atoms with van der Waals surface area (Å²) in [4.78, 5) is 26.3. The van der Waals surface area contributed by atoms with E-state index in [0.717, 1.165) is 37.4 Å².